The molecule has 0 radical (unpaired) electrons. The summed E-state index contributed by atoms with van der Waals surface area (Å²) >= 11 is 0. The molecule has 1 aliphatic rings. The van der Waals surface area contributed by atoms with Crippen LogP contribution < -0.4 is 11.1 Å². The zero-order valence-corrected chi connectivity index (χ0v) is 14.1. The number of rotatable bonds is 5. The van der Waals surface area contributed by atoms with Crippen LogP contribution in [0.25, 0.3) is 0 Å². The van der Waals surface area contributed by atoms with E-state index in [1.54, 1.807) is 0 Å². The van der Waals surface area contributed by atoms with Gasteiger partial charge in [-0.05, 0) is 33.4 Å². The van der Waals surface area contributed by atoms with Gasteiger partial charge in [0.25, 0.3) is 0 Å². The number of nitrogens with two attached hydrogens (primary N) is 1. The van der Waals surface area contributed by atoms with E-state index in [2.05, 4.69) is 36.2 Å². The van der Waals surface area contributed by atoms with Crippen LogP contribution in [0.15, 0.2) is 4.99 Å². The van der Waals surface area contributed by atoms with Gasteiger partial charge in [-0.3, -0.25) is 4.99 Å². The lowest BCUT2D eigenvalue weighted by Crippen LogP contribution is -2.51. The van der Waals surface area contributed by atoms with Crippen molar-refractivity contribution in [3.05, 3.63) is 0 Å². The molecule has 1 heterocycles. The number of guanidine groups is 1. The molecule has 0 aliphatic carbocycles. The van der Waals surface area contributed by atoms with Crippen molar-refractivity contribution in [2.75, 3.05) is 40.4 Å². The van der Waals surface area contributed by atoms with Crippen LogP contribution in [0.1, 0.15) is 26.2 Å². The predicted octanol–water partition coefficient (Wildman–Crippen LogP) is 1.03. The average molecular weight is 370 g/mol. The van der Waals surface area contributed by atoms with E-state index in [4.69, 9.17) is 10.5 Å². The Morgan fingerprint density at radius 3 is 2.50 bits per heavy atom. The highest BCUT2D eigenvalue weighted by atomic mass is 127. The lowest BCUT2D eigenvalue weighted by molar-refractivity contribution is -0.00252. The van der Waals surface area contributed by atoms with Crippen molar-refractivity contribution in [3.63, 3.8) is 0 Å². The van der Waals surface area contributed by atoms with Gasteiger partial charge in [0.1, 0.15) is 0 Å². The van der Waals surface area contributed by atoms with E-state index >= 15 is 0 Å². The standard InChI is InChI=1S/C12H26N4O.HI/c1-4-7-14-11(13)15-10-12(16(2)3)5-8-17-9-6-12;/h4-10H2,1-3H3,(H3,13,14,15);1H. The maximum Gasteiger partial charge on any atom is 0.188 e. The van der Waals surface area contributed by atoms with Crippen LogP contribution in [-0.2, 0) is 4.74 Å². The van der Waals surface area contributed by atoms with Crippen molar-refractivity contribution in [3.8, 4) is 0 Å². The van der Waals surface area contributed by atoms with Gasteiger partial charge in [-0.2, -0.15) is 0 Å². The van der Waals surface area contributed by atoms with Gasteiger partial charge in [0.15, 0.2) is 5.96 Å². The van der Waals surface area contributed by atoms with Crippen molar-refractivity contribution >= 4 is 29.9 Å². The Kier molecular flexibility index (Phi) is 8.89. The first-order chi connectivity index (χ1) is 8.10. The molecule has 0 saturated carbocycles. The molecule has 0 bridgehead atoms. The lowest BCUT2D eigenvalue weighted by Gasteiger charge is -2.41. The van der Waals surface area contributed by atoms with Gasteiger partial charge >= 0.3 is 0 Å². The fraction of sp³-hybridized carbons (Fsp3) is 0.917. The van der Waals surface area contributed by atoms with Crippen molar-refractivity contribution in [1.29, 1.82) is 0 Å². The number of ether oxygens (including phenoxy) is 1. The molecule has 0 aromatic rings. The summed E-state index contributed by atoms with van der Waals surface area (Å²) < 4.78 is 5.42. The highest BCUT2D eigenvalue weighted by molar-refractivity contribution is 14.0. The number of nitrogens with one attached hydrogen (secondary N) is 1. The molecule has 1 saturated heterocycles. The fourth-order valence-corrected chi connectivity index (χ4v) is 2.04. The molecule has 108 valence electrons. The van der Waals surface area contributed by atoms with Crippen LogP contribution in [0.4, 0.5) is 0 Å². The third-order valence-corrected chi connectivity index (χ3v) is 3.47. The number of halogens is 1. The van der Waals surface area contributed by atoms with Gasteiger partial charge in [0, 0.05) is 25.3 Å². The van der Waals surface area contributed by atoms with Gasteiger partial charge in [-0.1, -0.05) is 6.92 Å². The number of nitrogens with zero attached hydrogens (tertiary/aromatic N) is 2. The van der Waals surface area contributed by atoms with Gasteiger partial charge in [0.2, 0.25) is 0 Å². The van der Waals surface area contributed by atoms with Gasteiger partial charge in [-0.15, -0.1) is 24.0 Å². The van der Waals surface area contributed by atoms with Crippen molar-refractivity contribution < 1.29 is 4.74 Å². The van der Waals surface area contributed by atoms with Gasteiger partial charge in [0.05, 0.1) is 6.54 Å². The van der Waals surface area contributed by atoms with E-state index < -0.39 is 0 Å². The summed E-state index contributed by atoms with van der Waals surface area (Å²) in [5, 5.41) is 3.11. The SMILES string of the molecule is CCCNC(N)=NCC1(N(C)C)CCOCC1.I. The first-order valence-corrected chi connectivity index (χ1v) is 6.40. The predicted molar refractivity (Wildman–Crippen MR) is 86.7 cm³/mol. The van der Waals surface area contributed by atoms with E-state index in [1.807, 2.05) is 0 Å². The van der Waals surface area contributed by atoms with Crippen LogP contribution in [0, 0.1) is 0 Å². The third-order valence-electron chi connectivity index (χ3n) is 3.47. The number of hydrogen-bond acceptors (Lipinski definition) is 3. The highest BCUT2D eigenvalue weighted by Crippen LogP contribution is 2.26. The van der Waals surface area contributed by atoms with Gasteiger partial charge in [-0.25, -0.2) is 0 Å². The second-order valence-corrected chi connectivity index (χ2v) is 4.86. The second-order valence-electron chi connectivity index (χ2n) is 4.86. The summed E-state index contributed by atoms with van der Waals surface area (Å²) in [5.41, 5.74) is 5.93. The molecule has 0 atom stereocenters. The molecule has 18 heavy (non-hydrogen) atoms. The van der Waals surface area contributed by atoms with E-state index in [9.17, 15) is 0 Å². The summed E-state index contributed by atoms with van der Waals surface area (Å²) in [6.45, 7) is 5.37. The molecule has 0 amide bonds. The molecule has 1 aliphatic heterocycles. The monoisotopic (exact) mass is 370 g/mol. The molecule has 0 unspecified atom stereocenters. The maximum atomic E-state index is 5.83. The Balaban J connectivity index is 0.00000289. The van der Waals surface area contributed by atoms with Crippen LogP contribution in [0.3, 0.4) is 0 Å². The van der Waals surface area contributed by atoms with Crippen LogP contribution in [0.5, 0.6) is 0 Å². The normalized spacial score (nSPS) is 19.4. The first kappa shape index (κ1) is 17.9. The van der Waals surface area contributed by atoms with E-state index in [1.165, 1.54) is 0 Å². The minimum absolute atomic E-state index is 0. The molecular weight excluding hydrogens is 343 g/mol. The molecule has 5 nitrogen and oxygen atoms in total. The smallest absolute Gasteiger partial charge is 0.188 e. The fourth-order valence-electron chi connectivity index (χ4n) is 2.04. The molecular formula is C12H27IN4O. The summed E-state index contributed by atoms with van der Waals surface area (Å²) in [6.07, 6.45) is 3.10. The van der Waals surface area contributed by atoms with E-state index in [0.29, 0.717) is 5.96 Å². The average Bonchev–Trinajstić information content (AvgIpc) is 2.34. The van der Waals surface area contributed by atoms with Crippen molar-refractivity contribution in [2.45, 2.75) is 31.7 Å². The van der Waals surface area contributed by atoms with E-state index in [-0.39, 0.29) is 29.5 Å². The number of aliphatic imine (C=N–C) groups is 1. The second kappa shape index (κ2) is 8.92. The van der Waals surface area contributed by atoms with Crippen molar-refractivity contribution in [2.24, 2.45) is 10.7 Å². The Hall–Kier alpha value is -0.0800. The molecule has 0 aromatic heterocycles. The van der Waals surface area contributed by atoms with E-state index in [0.717, 1.165) is 45.6 Å². The van der Waals surface area contributed by atoms with Crippen molar-refractivity contribution in [1.82, 2.24) is 10.2 Å². The minimum Gasteiger partial charge on any atom is -0.381 e. The minimum atomic E-state index is 0. The third kappa shape index (κ3) is 5.27. The largest absolute Gasteiger partial charge is 0.381 e. The quantitative estimate of drug-likeness (QED) is 0.431. The van der Waals surface area contributed by atoms with Gasteiger partial charge < -0.3 is 20.7 Å². The summed E-state index contributed by atoms with van der Waals surface area (Å²) in [4.78, 5) is 6.72. The summed E-state index contributed by atoms with van der Waals surface area (Å²) in [5.74, 6) is 0.555. The Bertz CT molecular complexity index is 252. The topological polar surface area (TPSA) is 62.9 Å². The molecule has 0 spiro atoms. The van der Waals surface area contributed by atoms with Crippen LogP contribution >= 0.6 is 24.0 Å². The Morgan fingerprint density at radius 2 is 2.00 bits per heavy atom. The zero-order valence-electron chi connectivity index (χ0n) is 11.7. The molecule has 3 N–H and O–H groups in total. The Morgan fingerprint density at radius 1 is 1.39 bits per heavy atom. The highest BCUT2D eigenvalue weighted by Gasteiger charge is 2.34. The molecule has 0 aromatic carbocycles. The summed E-state index contributed by atoms with van der Waals surface area (Å²) in [6, 6.07) is 0. The number of hydrogen-bond donors (Lipinski definition) is 2. The molecule has 1 fully saturated rings. The summed E-state index contributed by atoms with van der Waals surface area (Å²) in [7, 11) is 4.22. The first-order valence-electron chi connectivity index (χ1n) is 6.40. The zero-order chi connectivity index (χ0) is 12.7. The number of likely N-dealkylation sites (N-methyl/N-ethyl adjacent to an activating group) is 1. The molecule has 1 rings (SSSR count). The Labute approximate surface area is 128 Å². The maximum absolute atomic E-state index is 5.83. The van der Waals surface area contributed by atoms with Crippen LogP contribution in [-0.4, -0.2) is 56.8 Å². The van der Waals surface area contributed by atoms with Crippen LogP contribution in [0.2, 0.25) is 0 Å². The molecule has 6 heteroatoms. The lowest BCUT2D eigenvalue weighted by atomic mass is 9.89.